The third kappa shape index (κ3) is 6.04. The van der Waals surface area contributed by atoms with Crippen LogP contribution in [0.15, 0.2) is 42.6 Å². The van der Waals surface area contributed by atoms with Crippen molar-refractivity contribution in [2.75, 3.05) is 20.0 Å². The smallest absolute Gasteiger partial charge is 0.149 e. The molecule has 37 heavy (non-hydrogen) atoms. The van der Waals surface area contributed by atoms with E-state index in [9.17, 15) is 16.8 Å². The highest BCUT2D eigenvalue weighted by Gasteiger charge is 2.29. The number of hydrogen-bond acceptors (Lipinski definition) is 9. The number of ether oxygens (including phenoxy) is 2. The molecule has 0 radical (unpaired) electrons. The SMILES string of the molecule is COc1ccc(C(C)(C)[SH](=O)=O)c(Cc2ncc(Cc3cc(OC)ccc3C(C)(C)[SH](=O)=O)c(N)n2)c1. The van der Waals surface area contributed by atoms with Crippen LogP contribution < -0.4 is 15.2 Å². The lowest BCUT2D eigenvalue weighted by atomic mass is 9.92. The van der Waals surface area contributed by atoms with E-state index in [2.05, 4.69) is 9.97 Å². The number of hydrogen-bond donors (Lipinski definition) is 3. The Hall–Kier alpha value is -3.18. The fourth-order valence-corrected chi connectivity index (χ4v) is 4.96. The maximum Gasteiger partial charge on any atom is 0.149 e. The van der Waals surface area contributed by atoms with E-state index in [0.29, 0.717) is 46.0 Å². The lowest BCUT2D eigenvalue weighted by Gasteiger charge is -2.23. The normalized spacial score (nSPS) is 12.2. The molecule has 11 heteroatoms. The number of nitrogen functional groups attached to an aromatic ring is 1. The summed E-state index contributed by atoms with van der Waals surface area (Å²) in [6, 6.07) is 10.5. The number of aromatic nitrogens is 2. The van der Waals surface area contributed by atoms with Gasteiger partial charge in [0.25, 0.3) is 0 Å². The van der Waals surface area contributed by atoms with E-state index in [1.807, 2.05) is 0 Å². The number of rotatable bonds is 10. The maximum atomic E-state index is 12.0. The third-order valence-electron chi connectivity index (χ3n) is 6.53. The highest BCUT2D eigenvalue weighted by molar-refractivity contribution is 7.73. The fraction of sp³-hybridized carbons (Fsp3) is 0.385. The Kier molecular flexibility index (Phi) is 8.49. The van der Waals surface area contributed by atoms with Gasteiger partial charge in [0.1, 0.15) is 44.5 Å². The van der Waals surface area contributed by atoms with Crippen molar-refractivity contribution >= 4 is 27.2 Å². The Morgan fingerprint density at radius 1 is 0.757 bits per heavy atom. The molecule has 3 rings (SSSR count). The molecule has 0 aliphatic heterocycles. The molecule has 0 fully saturated rings. The van der Waals surface area contributed by atoms with Crippen LogP contribution in [0.1, 0.15) is 61.3 Å². The first kappa shape index (κ1) is 28.4. The van der Waals surface area contributed by atoms with Gasteiger partial charge < -0.3 is 15.2 Å². The molecule has 0 atom stereocenters. The fourth-order valence-electron chi connectivity index (χ4n) is 4.13. The molecule has 9 nitrogen and oxygen atoms in total. The zero-order valence-corrected chi connectivity index (χ0v) is 23.6. The zero-order chi connectivity index (χ0) is 27.5. The van der Waals surface area contributed by atoms with Crippen LogP contribution in [-0.4, -0.2) is 41.0 Å². The highest BCUT2D eigenvalue weighted by atomic mass is 32.2. The van der Waals surface area contributed by atoms with Gasteiger partial charge in [-0.2, -0.15) is 0 Å². The van der Waals surface area contributed by atoms with Crippen molar-refractivity contribution in [3.8, 4) is 11.5 Å². The van der Waals surface area contributed by atoms with Crippen LogP contribution in [0.2, 0.25) is 0 Å². The first-order chi connectivity index (χ1) is 17.3. The number of thiol groups is 2. The summed E-state index contributed by atoms with van der Waals surface area (Å²) in [4.78, 5) is 8.97. The molecule has 0 spiro atoms. The first-order valence-electron chi connectivity index (χ1n) is 11.5. The molecule has 0 saturated carbocycles. The summed E-state index contributed by atoms with van der Waals surface area (Å²) in [7, 11) is -2.41. The van der Waals surface area contributed by atoms with E-state index in [4.69, 9.17) is 15.2 Å². The largest absolute Gasteiger partial charge is 0.497 e. The van der Waals surface area contributed by atoms with E-state index in [0.717, 1.165) is 5.56 Å². The molecule has 0 bridgehead atoms. The summed E-state index contributed by atoms with van der Waals surface area (Å²) >= 11 is 0. The van der Waals surface area contributed by atoms with Crippen LogP contribution in [0.4, 0.5) is 5.82 Å². The number of anilines is 1. The van der Waals surface area contributed by atoms with Crippen molar-refractivity contribution in [3.63, 3.8) is 0 Å². The number of methoxy groups -OCH3 is 2. The second-order valence-electron chi connectivity index (χ2n) is 9.73. The number of benzene rings is 2. The number of nitrogens with two attached hydrogens (primary N) is 1. The molecule has 0 aliphatic rings. The van der Waals surface area contributed by atoms with Crippen molar-refractivity contribution in [3.05, 3.63) is 76.2 Å². The molecule has 0 saturated heterocycles. The van der Waals surface area contributed by atoms with Crippen molar-refractivity contribution in [2.24, 2.45) is 0 Å². The Balaban J connectivity index is 2.00. The Morgan fingerprint density at radius 2 is 1.22 bits per heavy atom. The molecule has 1 aromatic heterocycles. The van der Waals surface area contributed by atoms with Gasteiger partial charge in [0.05, 0.1) is 23.7 Å². The summed E-state index contributed by atoms with van der Waals surface area (Å²) in [5, 5.41) is 0. The van der Waals surface area contributed by atoms with Gasteiger partial charge in [0, 0.05) is 24.6 Å². The van der Waals surface area contributed by atoms with Crippen molar-refractivity contribution in [1.82, 2.24) is 9.97 Å². The van der Waals surface area contributed by atoms with Gasteiger partial charge in [-0.25, -0.2) is 26.8 Å². The van der Waals surface area contributed by atoms with Crippen LogP contribution in [0.3, 0.4) is 0 Å². The highest BCUT2D eigenvalue weighted by Crippen LogP contribution is 2.33. The quantitative estimate of drug-likeness (QED) is 0.327. The van der Waals surface area contributed by atoms with E-state index >= 15 is 0 Å². The minimum atomic E-state index is -2.75. The predicted molar refractivity (Wildman–Crippen MR) is 145 cm³/mol. The van der Waals surface area contributed by atoms with Gasteiger partial charge >= 0.3 is 0 Å². The molecule has 1 heterocycles. The lowest BCUT2D eigenvalue weighted by molar-refractivity contribution is 0.413. The van der Waals surface area contributed by atoms with Gasteiger partial charge in [-0.1, -0.05) is 12.1 Å². The van der Waals surface area contributed by atoms with E-state index in [-0.39, 0.29) is 12.2 Å². The second-order valence-corrected chi connectivity index (χ2v) is 13.0. The Labute approximate surface area is 221 Å². The molecule has 3 aromatic rings. The van der Waals surface area contributed by atoms with E-state index < -0.39 is 30.9 Å². The summed E-state index contributed by atoms with van der Waals surface area (Å²) in [5.41, 5.74) is 9.67. The standard InChI is InChI=1S/C26H33N3O6S2/c1-25(2,36(30)31)21-9-7-19(34-5)12-16(21)11-18-15-28-23(29-24(18)27)14-17-13-20(35-6)8-10-22(17)26(3,4)37(32)33/h7-10,12-13,15,36-37H,11,14H2,1-6H3,(H2,27,28,29). The molecule has 2 aromatic carbocycles. The topological polar surface area (TPSA) is 139 Å². The third-order valence-corrected chi connectivity index (χ3v) is 8.84. The van der Waals surface area contributed by atoms with Gasteiger partial charge in [0.2, 0.25) is 0 Å². The van der Waals surface area contributed by atoms with Crippen LogP contribution in [-0.2, 0) is 43.7 Å². The van der Waals surface area contributed by atoms with E-state index in [1.165, 1.54) is 0 Å². The van der Waals surface area contributed by atoms with Gasteiger partial charge in [-0.05, 0) is 74.2 Å². The minimum Gasteiger partial charge on any atom is -0.497 e. The van der Waals surface area contributed by atoms with Gasteiger partial charge in [-0.3, -0.25) is 0 Å². The Morgan fingerprint density at radius 3 is 1.62 bits per heavy atom. The van der Waals surface area contributed by atoms with Gasteiger partial charge in [0.15, 0.2) is 0 Å². The lowest BCUT2D eigenvalue weighted by Crippen LogP contribution is -2.22. The average molecular weight is 548 g/mol. The zero-order valence-electron chi connectivity index (χ0n) is 21.8. The summed E-state index contributed by atoms with van der Waals surface area (Å²) in [6.45, 7) is 6.59. The molecule has 2 N–H and O–H groups in total. The van der Waals surface area contributed by atoms with Crippen LogP contribution >= 0.6 is 0 Å². The summed E-state index contributed by atoms with van der Waals surface area (Å²) < 4.78 is 56.3. The predicted octanol–water partition coefficient (Wildman–Crippen LogP) is 2.95. The molecule has 0 amide bonds. The summed E-state index contributed by atoms with van der Waals surface area (Å²) in [5.74, 6) is 1.85. The minimum absolute atomic E-state index is 0.248. The second kappa shape index (κ2) is 11.1. The van der Waals surface area contributed by atoms with Crippen LogP contribution in [0, 0.1) is 0 Å². The molecule has 0 unspecified atom stereocenters. The van der Waals surface area contributed by atoms with Crippen molar-refractivity contribution in [1.29, 1.82) is 0 Å². The monoisotopic (exact) mass is 547 g/mol. The van der Waals surface area contributed by atoms with Crippen molar-refractivity contribution in [2.45, 2.75) is 50.0 Å². The summed E-state index contributed by atoms with van der Waals surface area (Å²) in [6.07, 6.45) is 2.17. The molecular weight excluding hydrogens is 514 g/mol. The number of nitrogens with zero attached hydrogens (tertiary/aromatic N) is 2. The van der Waals surface area contributed by atoms with Gasteiger partial charge in [-0.15, -0.1) is 0 Å². The van der Waals surface area contributed by atoms with E-state index in [1.54, 1.807) is 84.5 Å². The first-order valence-corrected chi connectivity index (χ1v) is 13.9. The average Bonchev–Trinajstić information content (AvgIpc) is 2.85. The Bertz CT molecular complexity index is 1450. The molecular formula is C26H33N3O6S2. The van der Waals surface area contributed by atoms with Crippen molar-refractivity contribution < 1.29 is 26.3 Å². The van der Waals surface area contributed by atoms with Crippen LogP contribution in [0.5, 0.6) is 11.5 Å². The maximum absolute atomic E-state index is 12.0. The molecule has 0 aliphatic carbocycles. The molecule has 200 valence electrons. The van der Waals surface area contributed by atoms with Crippen LogP contribution in [0.25, 0.3) is 0 Å².